The van der Waals surface area contributed by atoms with Gasteiger partial charge in [-0.1, -0.05) is 0 Å². The van der Waals surface area contributed by atoms with E-state index in [0.717, 1.165) is 5.69 Å². The van der Waals surface area contributed by atoms with E-state index in [9.17, 15) is 10.1 Å². The molecule has 0 aliphatic carbocycles. The van der Waals surface area contributed by atoms with Gasteiger partial charge in [0.1, 0.15) is 0 Å². The summed E-state index contributed by atoms with van der Waals surface area (Å²) in [6.07, 6.45) is 0. The first-order valence-electron chi connectivity index (χ1n) is 4.85. The van der Waals surface area contributed by atoms with Gasteiger partial charge in [-0.05, 0) is 44.4 Å². The number of hydrogen-bond donors (Lipinski definition) is 1. The number of anilines is 1. The molecule has 2 rings (SSSR count). The number of nitrogens with zero attached hydrogens (tertiary/aromatic N) is 1. The fourth-order valence-corrected chi connectivity index (χ4v) is 2.53. The van der Waals surface area contributed by atoms with E-state index in [0.29, 0.717) is 11.0 Å². The summed E-state index contributed by atoms with van der Waals surface area (Å²) in [7, 11) is 0. The van der Waals surface area contributed by atoms with Crippen molar-refractivity contribution in [1.29, 1.82) is 0 Å². The van der Waals surface area contributed by atoms with Gasteiger partial charge in [0, 0.05) is 28.8 Å². The van der Waals surface area contributed by atoms with Crippen molar-refractivity contribution in [2.24, 2.45) is 0 Å². The van der Waals surface area contributed by atoms with Crippen molar-refractivity contribution in [2.75, 3.05) is 5.32 Å². The number of hydrogen-bond acceptors (Lipinski definition) is 4. The van der Waals surface area contributed by atoms with Gasteiger partial charge in [-0.3, -0.25) is 10.1 Å². The Bertz CT molecular complexity index is 528. The molecule has 0 saturated carbocycles. The van der Waals surface area contributed by atoms with E-state index in [1.165, 1.54) is 17.7 Å². The predicted molar refractivity (Wildman–Crippen MR) is 72.4 cm³/mol. The minimum atomic E-state index is -0.409. The maximum absolute atomic E-state index is 10.6. The highest BCUT2D eigenvalue weighted by Gasteiger charge is 2.08. The molecule has 6 heteroatoms. The van der Waals surface area contributed by atoms with Crippen LogP contribution in [0, 0.1) is 10.1 Å². The Labute approximate surface area is 111 Å². The van der Waals surface area contributed by atoms with Crippen LogP contribution in [0.25, 0.3) is 0 Å². The molecule has 0 bridgehead atoms. The highest BCUT2D eigenvalue weighted by atomic mass is 79.9. The van der Waals surface area contributed by atoms with Crippen molar-refractivity contribution in [3.63, 3.8) is 0 Å². The maximum atomic E-state index is 10.6. The highest BCUT2D eigenvalue weighted by Crippen LogP contribution is 2.27. The van der Waals surface area contributed by atoms with E-state index >= 15 is 0 Å². The first kappa shape index (κ1) is 12.1. The minimum Gasteiger partial charge on any atom is -0.380 e. The van der Waals surface area contributed by atoms with Gasteiger partial charge in [-0.2, -0.15) is 11.3 Å². The normalized spacial score (nSPS) is 10.2. The number of rotatable bonds is 4. The Kier molecular flexibility index (Phi) is 3.75. The Balaban J connectivity index is 2.09. The Morgan fingerprint density at radius 1 is 1.41 bits per heavy atom. The van der Waals surface area contributed by atoms with Crippen LogP contribution in [0.15, 0.2) is 39.5 Å². The summed E-state index contributed by atoms with van der Waals surface area (Å²) in [5, 5.41) is 17.9. The van der Waals surface area contributed by atoms with Crippen LogP contribution in [0.4, 0.5) is 11.4 Å². The Morgan fingerprint density at radius 2 is 2.24 bits per heavy atom. The van der Waals surface area contributed by atoms with Crippen LogP contribution in [0.1, 0.15) is 5.56 Å². The van der Waals surface area contributed by atoms with E-state index in [1.54, 1.807) is 17.4 Å². The van der Waals surface area contributed by atoms with Crippen molar-refractivity contribution in [3.8, 4) is 0 Å². The first-order valence-corrected chi connectivity index (χ1v) is 6.59. The minimum absolute atomic E-state index is 0.0814. The van der Waals surface area contributed by atoms with E-state index in [1.807, 2.05) is 11.4 Å². The molecule has 2 aromatic rings. The predicted octanol–water partition coefficient (Wildman–Crippen LogP) is 4.03. The molecule has 88 valence electrons. The van der Waals surface area contributed by atoms with Crippen molar-refractivity contribution in [3.05, 3.63) is 55.2 Å². The summed E-state index contributed by atoms with van der Waals surface area (Å²) in [4.78, 5) is 10.2. The lowest BCUT2D eigenvalue weighted by atomic mass is 10.2. The number of nitrogens with one attached hydrogen (secondary N) is 1. The van der Waals surface area contributed by atoms with Crippen LogP contribution in [0.2, 0.25) is 0 Å². The second kappa shape index (κ2) is 5.29. The van der Waals surface area contributed by atoms with Crippen LogP contribution in [0.3, 0.4) is 0 Å². The molecule has 0 radical (unpaired) electrons. The number of nitro groups is 1. The molecule has 0 atom stereocenters. The standard InChI is InChI=1S/C11H9BrN2O2S/c12-10-5-9(14(15)16)1-2-11(10)13-6-8-3-4-17-7-8/h1-5,7,13H,6H2. The molecule has 0 amide bonds. The SMILES string of the molecule is O=[N+]([O-])c1ccc(NCc2ccsc2)c(Br)c1. The van der Waals surface area contributed by atoms with E-state index in [-0.39, 0.29) is 5.69 Å². The number of non-ortho nitro benzene ring substituents is 1. The number of thiophene rings is 1. The molecule has 17 heavy (non-hydrogen) atoms. The van der Waals surface area contributed by atoms with Gasteiger partial charge in [0.25, 0.3) is 5.69 Å². The number of benzene rings is 1. The summed E-state index contributed by atoms with van der Waals surface area (Å²) in [5.41, 5.74) is 2.13. The Morgan fingerprint density at radius 3 is 2.82 bits per heavy atom. The third kappa shape index (κ3) is 3.04. The molecular formula is C11H9BrN2O2S. The van der Waals surface area contributed by atoms with Crippen LogP contribution < -0.4 is 5.32 Å². The summed E-state index contributed by atoms with van der Waals surface area (Å²) in [6.45, 7) is 0.708. The molecular weight excluding hydrogens is 304 g/mol. The molecule has 1 heterocycles. The van der Waals surface area contributed by atoms with Crippen molar-refractivity contribution in [1.82, 2.24) is 0 Å². The molecule has 0 saturated heterocycles. The van der Waals surface area contributed by atoms with Crippen LogP contribution in [0.5, 0.6) is 0 Å². The smallest absolute Gasteiger partial charge is 0.270 e. The van der Waals surface area contributed by atoms with Crippen LogP contribution >= 0.6 is 27.3 Å². The number of nitro benzene ring substituents is 1. The molecule has 0 aliphatic heterocycles. The fourth-order valence-electron chi connectivity index (χ4n) is 1.35. The Hall–Kier alpha value is -1.40. The second-order valence-electron chi connectivity index (χ2n) is 3.41. The zero-order valence-electron chi connectivity index (χ0n) is 8.72. The monoisotopic (exact) mass is 312 g/mol. The average molecular weight is 313 g/mol. The van der Waals surface area contributed by atoms with Crippen molar-refractivity contribution >= 4 is 38.6 Å². The van der Waals surface area contributed by atoms with Gasteiger partial charge in [0.2, 0.25) is 0 Å². The second-order valence-corrected chi connectivity index (χ2v) is 5.04. The third-order valence-corrected chi connectivity index (χ3v) is 3.61. The van der Waals surface area contributed by atoms with Gasteiger partial charge < -0.3 is 5.32 Å². The number of halogens is 1. The summed E-state index contributed by atoms with van der Waals surface area (Å²) in [5.74, 6) is 0. The summed E-state index contributed by atoms with van der Waals surface area (Å²) >= 11 is 4.96. The highest BCUT2D eigenvalue weighted by molar-refractivity contribution is 9.10. The van der Waals surface area contributed by atoms with Gasteiger partial charge in [0.15, 0.2) is 0 Å². The maximum Gasteiger partial charge on any atom is 0.270 e. The summed E-state index contributed by atoms with van der Waals surface area (Å²) < 4.78 is 0.696. The molecule has 1 aromatic carbocycles. The largest absolute Gasteiger partial charge is 0.380 e. The van der Waals surface area contributed by atoms with E-state index in [4.69, 9.17) is 0 Å². The molecule has 1 N–H and O–H groups in total. The molecule has 0 spiro atoms. The third-order valence-electron chi connectivity index (χ3n) is 2.23. The molecule has 0 unspecified atom stereocenters. The lowest BCUT2D eigenvalue weighted by molar-refractivity contribution is -0.384. The topological polar surface area (TPSA) is 55.2 Å². The van der Waals surface area contributed by atoms with Gasteiger partial charge >= 0.3 is 0 Å². The van der Waals surface area contributed by atoms with Gasteiger partial charge in [0.05, 0.1) is 4.92 Å². The molecule has 0 aliphatic rings. The zero-order chi connectivity index (χ0) is 12.3. The van der Waals surface area contributed by atoms with Crippen LogP contribution in [-0.4, -0.2) is 4.92 Å². The quantitative estimate of drug-likeness (QED) is 0.685. The van der Waals surface area contributed by atoms with Crippen molar-refractivity contribution < 1.29 is 4.92 Å². The van der Waals surface area contributed by atoms with Gasteiger partial charge in [-0.25, -0.2) is 0 Å². The lowest BCUT2D eigenvalue weighted by Gasteiger charge is -2.07. The molecule has 4 nitrogen and oxygen atoms in total. The summed E-state index contributed by atoms with van der Waals surface area (Å²) in [6, 6.07) is 6.72. The van der Waals surface area contributed by atoms with Gasteiger partial charge in [-0.15, -0.1) is 0 Å². The first-order chi connectivity index (χ1) is 8.16. The van der Waals surface area contributed by atoms with Crippen LogP contribution in [-0.2, 0) is 6.54 Å². The molecule has 1 aromatic heterocycles. The zero-order valence-corrected chi connectivity index (χ0v) is 11.1. The van der Waals surface area contributed by atoms with E-state index < -0.39 is 4.92 Å². The van der Waals surface area contributed by atoms with Crippen molar-refractivity contribution in [2.45, 2.75) is 6.54 Å². The average Bonchev–Trinajstić information content (AvgIpc) is 2.80. The molecule has 0 fully saturated rings. The lowest BCUT2D eigenvalue weighted by Crippen LogP contribution is -1.99. The fraction of sp³-hybridized carbons (Fsp3) is 0.0909. The van der Waals surface area contributed by atoms with E-state index in [2.05, 4.69) is 26.6 Å².